The number of imide groups is 2. The lowest BCUT2D eigenvalue weighted by Gasteiger charge is -2.43. The van der Waals surface area contributed by atoms with E-state index < -0.39 is 29.4 Å². The number of carbonyl (C=O) groups excluding carboxylic acids is 7. The van der Waals surface area contributed by atoms with Gasteiger partial charge in [-0.25, -0.2) is 9.69 Å². The molecule has 1 spiro atoms. The first-order valence-corrected chi connectivity index (χ1v) is 20.3. The zero-order valence-electron chi connectivity index (χ0n) is 32.6. The molecule has 3 aliphatic rings. The molecule has 14 nitrogen and oxygen atoms in total. The molecule has 1 aliphatic carbocycles. The van der Waals surface area contributed by atoms with Crippen molar-refractivity contribution >= 4 is 69.9 Å². The molecular weight excluding hydrogens is 776 g/mol. The standard InChI is InChI=1S/C44H45ClN6O8/c1-50(34-17-18-37(53)48-40(34)55)41(56)38-29(26-52)11-10-14-36(38)59-20-9-5-3-2-4-8-19-47-39(54)27-15-16-28-24-46-25-35(32(28)21-27)51-42(57)44(49-43(51)58)22-30(23-44)31-12-6-7-13-33(31)45/h6-7,10-16,21,24-26,30,34H,2-5,8-9,17-20,22-23H2,1H3,(H,47,54)(H,49,58)(H,48,53,55). The summed E-state index contributed by atoms with van der Waals surface area (Å²) in [5.41, 5.74) is 0.902. The quantitative estimate of drug-likeness (QED) is 0.0520. The Balaban J connectivity index is 0.850. The Labute approximate surface area is 346 Å². The van der Waals surface area contributed by atoms with E-state index in [1.165, 1.54) is 24.2 Å². The average Bonchev–Trinajstić information content (AvgIpc) is 3.49. The Bertz CT molecular complexity index is 2330. The maximum absolute atomic E-state index is 13.8. The minimum atomic E-state index is -1.01. The van der Waals surface area contributed by atoms with Gasteiger partial charge in [0.2, 0.25) is 11.8 Å². The second-order valence-corrected chi connectivity index (χ2v) is 15.7. The van der Waals surface area contributed by atoms with Gasteiger partial charge in [-0.1, -0.05) is 73.7 Å². The minimum Gasteiger partial charge on any atom is -0.493 e. The number of hydrogen-bond acceptors (Lipinski definition) is 9. The average molecular weight is 821 g/mol. The molecule has 1 unspecified atom stereocenters. The normalized spacial score (nSPS) is 19.9. The number of urea groups is 1. The number of aromatic nitrogens is 1. The van der Waals surface area contributed by atoms with Gasteiger partial charge in [0.05, 0.1) is 24.1 Å². The van der Waals surface area contributed by atoms with Crippen LogP contribution in [0.15, 0.2) is 73.1 Å². The summed E-state index contributed by atoms with van der Waals surface area (Å²) in [5, 5.41) is 10.0. The molecule has 4 aromatic rings. The number of benzene rings is 3. The predicted octanol–water partition coefficient (Wildman–Crippen LogP) is 6.10. The molecule has 3 heterocycles. The number of nitrogens with zero attached hydrogens (tertiary/aromatic N) is 3. The molecule has 0 bridgehead atoms. The van der Waals surface area contributed by atoms with Crippen molar-refractivity contribution in [2.75, 3.05) is 25.1 Å². The molecule has 59 heavy (non-hydrogen) atoms. The van der Waals surface area contributed by atoms with E-state index >= 15 is 0 Å². The molecule has 0 radical (unpaired) electrons. The number of rotatable bonds is 16. The molecule has 2 aliphatic heterocycles. The monoisotopic (exact) mass is 820 g/mol. The molecule has 3 aromatic carbocycles. The van der Waals surface area contributed by atoms with Gasteiger partial charge in [0, 0.05) is 53.1 Å². The molecule has 15 heteroatoms. The fourth-order valence-corrected chi connectivity index (χ4v) is 8.47. The smallest absolute Gasteiger partial charge is 0.329 e. The topological polar surface area (TPSA) is 184 Å². The highest BCUT2D eigenvalue weighted by Crippen LogP contribution is 2.50. The summed E-state index contributed by atoms with van der Waals surface area (Å²) < 4.78 is 5.95. The summed E-state index contributed by atoms with van der Waals surface area (Å²) in [4.78, 5) is 96.1. The van der Waals surface area contributed by atoms with Crippen molar-refractivity contribution in [3.8, 4) is 5.75 Å². The van der Waals surface area contributed by atoms with E-state index in [1.807, 2.05) is 24.3 Å². The summed E-state index contributed by atoms with van der Waals surface area (Å²) in [5.74, 6) is -1.77. The van der Waals surface area contributed by atoms with Gasteiger partial charge in [-0.2, -0.15) is 0 Å². The predicted molar refractivity (Wildman–Crippen MR) is 220 cm³/mol. The van der Waals surface area contributed by atoms with Crippen LogP contribution >= 0.6 is 11.6 Å². The van der Waals surface area contributed by atoms with Crippen LogP contribution in [0.4, 0.5) is 10.5 Å². The molecule has 7 amide bonds. The number of carbonyl (C=O) groups is 7. The van der Waals surface area contributed by atoms with Gasteiger partial charge in [-0.3, -0.25) is 39.1 Å². The van der Waals surface area contributed by atoms with Crippen molar-refractivity contribution in [1.82, 2.24) is 25.8 Å². The lowest BCUT2D eigenvalue weighted by molar-refractivity contribution is -0.136. The third-order valence-corrected chi connectivity index (χ3v) is 11.8. The van der Waals surface area contributed by atoms with Gasteiger partial charge < -0.3 is 20.3 Å². The van der Waals surface area contributed by atoms with Crippen LogP contribution in [-0.2, 0) is 14.4 Å². The number of piperidine rings is 1. The Kier molecular flexibility index (Phi) is 12.4. The number of ether oxygens (including phenoxy) is 1. The van der Waals surface area contributed by atoms with Gasteiger partial charge >= 0.3 is 6.03 Å². The minimum absolute atomic E-state index is 0.0473. The Morgan fingerprint density at radius 1 is 0.983 bits per heavy atom. The third-order valence-electron chi connectivity index (χ3n) is 11.5. The summed E-state index contributed by atoms with van der Waals surface area (Å²) in [7, 11) is 1.47. The molecule has 1 aromatic heterocycles. The summed E-state index contributed by atoms with van der Waals surface area (Å²) >= 11 is 6.40. The van der Waals surface area contributed by atoms with E-state index in [2.05, 4.69) is 20.9 Å². The zero-order valence-corrected chi connectivity index (χ0v) is 33.4. The SMILES string of the molecule is CN(C(=O)c1c(C=O)cccc1OCCCCCCCCNC(=O)c1ccc2cncc(N3C(=O)NC4(CC(c5ccccc5Cl)C4)C3=O)c2c1)C1CCC(=O)NC1=O. The first-order chi connectivity index (χ1) is 28.5. The fourth-order valence-electron chi connectivity index (χ4n) is 8.18. The van der Waals surface area contributed by atoms with E-state index in [1.54, 1.807) is 36.5 Å². The molecule has 2 saturated heterocycles. The highest BCUT2D eigenvalue weighted by atomic mass is 35.5. The zero-order chi connectivity index (χ0) is 41.7. The van der Waals surface area contributed by atoms with E-state index in [9.17, 15) is 33.6 Å². The third kappa shape index (κ3) is 8.54. The summed E-state index contributed by atoms with van der Waals surface area (Å²) in [6.07, 6.45) is 10.0. The van der Waals surface area contributed by atoms with Crippen molar-refractivity contribution in [3.63, 3.8) is 0 Å². The number of halogens is 1. The number of likely N-dealkylation sites (N-methyl/N-ethyl adjacent to an activating group) is 1. The van der Waals surface area contributed by atoms with Gasteiger partial charge in [-0.15, -0.1) is 0 Å². The van der Waals surface area contributed by atoms with Crippen molar-refractivity contribution in [1.29, 1.82) is 0 Å². The van der Waals surface area contributed by atoms with Gasteiger partial charge in [0.15, 0.2) is 6.29 Å². The first kappa shape index (κ1) is 41.0. The Morgan fingerprint density at radius 3 is 2.51 bits per heavy atom. The second-order valence-electron chi connectivity index (χ2n) is 15.3. The van der Waals surface area contributed by atoms with Crippen LogP contribution in [0.25, 0.3) is 10.8 Å². The van der Waals surface area contributed by atoms with Crippen LogP contribution in [0.5, 0.6) is 5.75 Å². The highest BCUT2D eigenvalue weighted by Gasteiger charge is 2.59. The van der Waals surface area contributed by atoms with Gasteiger partial charge in [-0.05, 0) is 67.9 Å². The van der Waals surface area contributed by atoms with Crippen LogP contribution in [0, 0.1) is 0 Å². The van der Waals surface area contributed by atoms with Crippen LogP contribution in [0.2, 0.25) is 5.02 Å². The van der Waals surface area contributed by atoms with Gasteiger partial charge in [0.25, 0.3) is 17.7 Å². The van der Waals surface area contributed by atoms with E-state index in [4.69, 9.17) is 16.3 Å². The van der Waals surface area contributed by atoms with E-state index in [0.29, 0.717) is 65.7 Å². The lowest BCUT2D eigenvalue weighted by atomic mass is 9.65. The van der Waals surface area contributed by atoms with Crippen LogP contribution < -0.4 is 25.6 Å². The van der Waals surface area contributed by atoms with Crippen LogP contribution in [0.1, 0.15) is 107 Å². The maximum Gasteiger partial charge on any atom is 0.329 e. The van der Waals surface area contributed by atoms with Crippen molar-refractivity contribution in [2.24, 2.45) is 0 Å². The number of anilines is 1. The van der Waals surface area contributed by atoms with Gasteiger partial charge in [0.1, 0.15) is 17.3 Å². The molecule has 1 atom stereocenters. The number of nitrogens with one attached hydrogen (secondary N) is 3. The largest absolute Gasteiger partial charge is 0.493 e. The van der Waals surface area contributed by atoms with Crippen molar-refractivity contribution in [2.45, 2.75) is 81.7 Å². The number of hydrogen-bond donors (Lipinski definition) is 3. The number of amides is 7. The summed E-state index contributed by atoms with van der Waals surface area (Å²) in [6, 6.07) is 16.1. The lowest BCUT2D eigenvalue weighted by Crippen LogP contribution is -2.56. The summed E-state index contributed by atoms with van der Waals surface area (Å²) in [6.45, 7) is 0.800. The molecule has 3 N–H and O–H groups in total. The number of fused-ring (bicyclic) bond motifs is 1. The fraction of sp³-hybridized carbons (Fsp3) is 0.364. The molecule has 306 valence electrons. The van der Waals surface area contributed by atoms with E-state index in [0.717, 1.165) is 42.6 Å². The van der Waals surface area contributed by atoms with Crippen LogP contribution in [0.3, 0.4) is 0 Å². The molecule has 1 saturated carbocycles. The first-order valence-electron chi connectivity index (χ1n) is 19.9. The Morgan fingerprint density at radius 2 is 1.75 bits per heavy atom. The number of aldehydes is 1. The molecular formula is C44H45ClN6O8. The Hall–Kier alpha value is -6.15. The van der Waals surface area contributed by atoms with E-state index in [-0.39, 0.29) is 53.4 Å². The van der Waals surface area contributed by atoms with Crippen LogP contribution in [-0.4, -0.2) is 83.5 Å². The maximum atomic E-state index is 13.8. The van der Waals surface area contributed by atoms with Crippen molar-refractivity contribution in [3.05, 3.63) is 100 Å². The molecule has 3 fully saturated rings. The number of unbranched alkanes of at least 4 members (excludes halogenated alkanes) is 5. The highest BCUT2D eigenvalue weighted by molar-refractivity contribution is 6.31. The second kappa shape index (κ2) is 17.8. The molecule has 7 rings (SSSR count). The number of pyridine rings is 1. The van der Waals surface area contributed by atoms with Crippen molar-refractivity contribution < 1.29 is 38.3 Å².